The number of para-hydroxylation sites is 1. The van der Waals surface area contributed by atoms with Crippen molar-refractivity contribution in [2.24, 2.45) is 0 Å². The maximum Gasteiger partial charge on any atom is 0.270 e. The minimum atomic E-state index is -0.244. The summed E-state index contributed by atoms with van der Waals surface area (Å²) in [5.41, 5.74) is 2.61. The highest BCUT2D eigenvalue weighted by Gasteiger charge is 2.29. The largest absolute Gasteiger partial charge is 0.507 e. The van der Waals surface area contributed by atoms with Gasteiger partial charge in [0.1, 0.15) is 11.4 Å². The number of carbonyl (C=O) groups excluding carboxylic acids is 3. The number of phenols is 1. The monoisotopic (exact) mass is 369 g/mol. The Bertz CT molecular complexity index is 908. The van der Waals surface area contributed by atoms with Crippen molar-refractivity contribution >= 4 is 17.6 Å². The predicted octanol–water partition coefficient (Wildman–Crippen LogP) is 2.14. The second-order valence-corrected chi connectivity index (χ2v) is 6.78. The zero-order valence-corrected chi connectivity index (χ0v) is 15.7. The molecule has 1 aromatic carbocycles. The van der Waals surface area contributed by atoms with Crippen LogP contribution in [0.5, 0.6) is 5.75 Å². The van der Waals surface area contributed by atoms with Crippen molar-refractivity contribution in [3.8, 4) is 5.75 Å². The van der Waals surface area contributed by atoms with E-state index in [0.717, 1.165) is 0 Å². The van der Waals surface area contributed by atoms with E-state index in [1.54, 1.807) is 41.8 Å². The number of aromatic nitrogens is 1. The molecule has 7 heteroatoms. The molecule has 3 rings (SSSR count). The molecule has 0 radical (unpaired) electrons. The number of carbonyl (C=O) groups is 3. The van der Waals surface area contributed by atoms with Crippen molar-refractivity contribution in [2.75, 3.05) is 26.2 Å². The third-order valence-electron chi connectivity index (χ3n) is 4.99. The van der Waals surface area contributed by atoms with E-state index in [1.165, 1.54) is 13.0 Å². The molecule has 2 amide bonds. The Kier molecular flexibility index (Phi) is 5.03. The van der Waals surface area contributed by atoms with E-state index in [1.807, 2.05) is 0 Å². The van der Waals surface area contributed by atoms with Crippen LogP contribution in [-0.4, -0.2) is 63.7 Å². The Labute approximate surface area is 157 Å². The molecule has 0 unspecified atom stereocenters. The Hall–Kier alpha value is -3.09. The molecule has 0 bridgehead atoms. The molecule has 0 aliphatic carbocycles. The molecular weight excluding hydrogens is 346 g/mol. The molecule has 0 spiro atoms. The van der Waals surface area contributed by atoms with Gasteiger partial charge in [-0.1, -0.05) is 12.1 Å². The van der Waals surface area contributed by atoms with Crippen LogP contribution < -0.4 is 0 Å². The first kappa shape index (κ1) is 18.7. The van der Waals surface area contributed by atoms with Crippen molar-refractivity contribution < 1.29 is 19.5 Å². The van der Waals surface area contributed by atoms with Crippen LogP contribution in [0.4, 0.5) is 0 Å². The second kappa shape index (κ2) is 7.26. The summed E-state index contributed by atoms with van der Waals surface area (Å²) in [5, 5.41) is 9.86. The number of piperazine rings is 1. The molecule has 1 aliphatic heterocycles. The lowest BCUT2D eigenvalue weighted by Gasteiger charge is -2.34. The van der Waals surface area contributed by atoms with Crippen LogP contribution in [0, 0.1) is 13.8 Å². The van der Waals surface area contributed by atoms with Crippen LogP contribution in [0.25, 0.3) is 0 Å². The van der Waals surface area contributed by atoms with E-state index in [9.17, 15) is 19.5 Å². The van der Waals surface area contributed by atoms with Crippen molar-refractivity contribution in [2.45, 2.75) is 20.8 Å². The fourth-order valence-corrected chi connectivity index (χ4v) is 3.59. The average molecular weight is 369 g/mol. The van der Waals surface area contributed by atoms with Crippen molar-refractivity contribution in [1.82, 2.24) is 14.8 Å². The number of rotatable bonds is 3. The molecule has 0 saturated carbocycles. The van der Waals surface area contributed by atoms with Gasteiger partial charge in [0.15, 0.2) is 5.78 Å². The Balaban J connectivity index is 1.70. The number of aromatic amines is 1. The Morgan fingerprint density at radius 1 is 0.963 bits per heavy atom. The topological polar surface area (TPSA) is 93.7 Å². The lowest BCUT2D eigenvalue weighted by Crippen LogP contribution is -2.50. The molecule has 1 aromatic heterocycles. The molecule has 1 fully saturated rings. The standard InChI is InChI=1S/C20H23N3O4/c1-12-17(14(3)24)13(2)21-18(12)20(27)23-10-8-22(9-11-23)19(26)15-6-4-5-7-16(15)25/h4-7,21,25H,8-11H2,1-3H3. The molecule has 1 aliphatic rings. The lowest BCUT2D eigenvalue weighted by molar-refractivity contribution is 0.0530. The highest BCUT2D eigenvalue weighted by atomic mass is 16.3. The molecule has 0 atom stereocenters. The summed E-state index contributed by atoms with van der Waals surface area (Å²) in [6.07, 6.45) is 0. The highest BCUT2D eigenvalue weighted by molar-refractivity contribution is 6.02. The average Bonchev–Trinajstić information content (AvgIpc) is 2.95. The number of hydrogen-bond donors (Lipinski definition) is 2. The van der Waals surface area contributed by atoms with Crippen molar-refractivity contribution in [3.05, 3.63) is 52.3 Å². The van der Waals surface area contributed by atoms with Crippen molar-refractivity contribution in [1.29, 1.82) is 0 Å². The third-order valence-corrected chi connectivity index (χ3v) is 4.99. The first-order chi connectivity index (χ1) is 12.8. The Morgan fingerprint density at radius 2 is 1.52 bits per heavy atom. The van der Waals surface area contributed by atoms with Crippen LogP contribution in [0.2, 0.25) is 0 Å². The van der Waals surface area contributed by atoms with E-state index < -0.39 is 0 Å². The number of benzene rings is 1. The summed E-state index contributed by atoms with van der Waals surface area (Å²) in [5.74, 6) is -0.530. The number of amides is 2. The fourth-order valence-electron chi connectivity index (χ4n) is 3.59. The summed E-state index contributed by atoms with van der Waals surface area (Å²) < 4.78 is 0. The van der Waals surface area contributed by atoms with Crippen LogP contribution in [0.3, 0.4) is 0 Å². The first-order valence-corrected chi connectivity index (χ1v) is 8.88. The number of nitrogens with zero attached hydrogens (tertiary/aromatic N) is 2. The van der Waals surface area contributed by atoms with Gasteiger partial charge in [0, 0.05) is 37.4 Å². The minimum absolute atomic E-state index is 0.0461. The summed E-state index contributed by atoms with van der Waals surface area (Å²) in [6.45, 7) is 6.60. The number of aryl methyl sites for hydroxylation is 1. The maximum absolute atomic E-state index is 12.8. The van der Waals surface area contributed by atoms with E-state index in [4.69, 9.17) is 0 Å². The van der Waals surface area contributed by atoms with Crippen LogP contribution in [0.1, 0.15) is 49.4 Å². The Morgan fingerprint density at radius 3 is 2.04 bits per heavy atom. The first-order valence-electron chi connectivity index (χ1n) is 8.88. The smallest absolute Gasteiger partial charge is 0.270 e. The zero-order chi connectivity index (χ0) is 19.7. The number of nitrogens with one attached hydrogen (secondary N) is 1. The molecule has 7 nitrogen and oxygen atoms in total. The number of Topliss-reactive ketones (excluding diaryl/α,β-unsaturated/α-hetero) is 1. The van der Waals surface area contributed by atoms with Gasteiger partial charge in [-0.15, -0.1) is 0 Å². The van der Waals surface area contributed by atoms with Crippen LogP contribution in [-0.2, 0) is 0 Å². The van der Waals surface area contributed by atoms with Gasteiger partial charge in [0.05, 0.1) is 5.56 Å². The SMILES string of the molecule is CC(=O)c1c(C)[nH]c(C(=O)N2CCN(C(=O)c3ccccc3O)CC2)c1C. The second-order valence-electron chi connectivity index (χ2n) is 6.78. The number of hydrogen-bond acceptors (Lipinski definition) is 4. The quantitative estimate of drug-likeness (QED) is 0.811. The van der Waals surface area contributed by atoms with Gasteiger partial charge in [-0.25, -0.2) is 0 Å². The van der Waals surface area contributed by atoms with Gasteiger partial charge in [-0.05, 0) is 38.5 Å². The third kappa shape index (κ3) is 3.45. The molecule has 142 valence electrons. The van der Waals surface area contributed by atoms with Gasteiger partial charge in [0.2, 0.25) is 0 Å². The van der Waals surface area contributed by atoms with E-state index in [2.05, 4.69) is 4.98 Å². The number of H-pyrrole nitrogens is 1. The van der Waals surface area contributed by atoms with Gasteiger partial charge in [-0.2, -0.15) is 0 Å². The summed E-state index contributed by atoms with van der Waals surface area (Å²) in [4.78, 5) is 43.5. The fraction of sp³-hybridized carbons (Fsp3) is 0.350. The molecule has 1 saturated heterocycles. The van der Waals surface area contributed by atoms with E-state index in [-0.39, 0.29) is 28.9 Å². The molecule has 2 aromatic rings. The van der Waals surface area contributed by atoms with Gasteiger partial charge < -0.3 is 19.9 Å². The summed E-state index contributed by atoms with van der Waals surface area (Å²) >= 11 is 0. The number of aromatic hydroxyl groups is 1. The number of ketones is 1. The lowest BCUT2D eigenvalue weighted by atomic mass is 10.1. The normalized spacial score (nSPS) is 14.3. The van der Waals surface area contributed by atoms with Gasteiger partial charge in [0.25, 0.3) is 11.8 Å². The predicted molar refractivity (Wildman–Crippen MR) is 100 cm³/mol. The molecular formula is C20H23N3O4. The maximum atomic E-state index is 12.8. The highest BCUT2D eigenvalue weighted by Crippen LogP contribution is 2.22. The van der Waals surface area contributed by atoms with Crippen LogP contribution >= 0.6 is 0 Å². The van der Waals surface area contributed by atoms with E-state index in [0.29, 0.717) is 48.7 Å². The molecule has 27 heavy (non-hydrogen) atoms. The zero-order valence-electron chi connectivity index (χ0n) is 15.7. The minimum Gasteiger partial charge on any atom is -0.507 e. The number of phenolic OH excluding ortho intramolecular Hbond substituents is 1. The van der Waals surface area contributed by atoms with Crippen molar-refractivity contribution in [3.63, 3.8) is 0 Å². The summed E-state index contributed by atoms with van der Waals surface area (Å²) in [6, 6.07) is 6.44. The summed E-state index contributed by atoms with van der Waals surface area (Å²) in [7, 11) is 0. The van der Waals surface area contributed by atoms with Crippen LogP contribution in [0.15, 0.2) is 24.3 Å². The molecule has 2 heterocycles. The van der Waals surface area contributed by atoms with Gasteiger partial charge in [-0.3, -0.25) is 14.4 Å². The van der Waals surface area contributed by atoms with E-state index >= 15 is 0 Å². The molecule has 2 N–H and O–H groups in total. The van der Waals surface area contributed by atoms with Gasteiger partial charge >= 0.3 is 0 Å².